The van der Waals surface area contributed by atoms with Crippen LogP contribution in [0.2, 0.25) is 0 Å². The predicted molar refractivity (Wildman–Crippen MR) is 112 cm³/mol. The van der Waals surface area contributed by atoms with Crippen LogP contribution in [0.4, 0.5) is 0 Å². The average Bonchev–Trinajstić information content (AvgIpc) is 3.14. The van der Waals surface area contributed by atoms with Crippen LogP contribution in [0.3, 0.4) is 0 Å². The Bertz CT molecular complexity index is 920. The van der Waals surface area contributed by atoms with Crippen molar-refractivity contribution < 1.29 is 17.9 Å². The molecule has 1 aliphatic rings. The number of likely N-dealkylation sites (N-methyl/N-ethyl adjacent to an activating group) is 1. The van der Waals surface area contributed by atoms with Crippen molar-refractivity contribution in [2.45, 2.75) is 10.9 Å². The number of piperazine rings is 1. The summed E-state index contributed by atoms with van der Waals surface area (Å²) in [6, 6.07) is 8.60. The number of nitrogens with zero attached hydrogens (tertiary/aromatic N) is 3. The molecule has 1 aromatic heterocycles. The van der Waals surface area contributed by atoms with Crippen LogP contribution >= 0.6 is 0 Å². The van der Waals surface area contributed by atoms with Crippen molar-refractivity contribution >= 4 is 10.0 Å². The van der Waals surface area contributed by atoms with Gasteiger partial charge in [0.05, 0.1) is 25.2 Å². The number of sulfonamides is 1. The Labute approximate surface area is 173 Å². The van der Waals surface area contributed by atoms with E-state index >= 15 is 0 Å². The van der Waals surface area contributed by atoms with Crippen LogP contribution < -0.4 is 14.2 Å². The van der Waals surface area contributed by atoms with E-state index in [9.17, 15) is 8.42 Å². The zero-order valence-corrected chi connectivity index (χ0v) is 18.3. The number of ether oxygens (including phenoxy) is 2. The molecule has 3 rings (SSSR count). The van der Waals surface area contributed by atoms with Crippen LogP contribution in [0.25, 0.3) is 0 Å². The van der Waals surface area contributed by atoms with Crippen molar-refractivity contribution in [3.8, 4) is 11.5 Å². The van der Waals surface area contributed by atoms with Crippen LogP contribution in [0, 0.1) is 0 Å². The van der Waals surface area contributed by atoms with E-state index < -0.39 is 10.0 Å². The third-order valence-electron chi connectivity index (χ3n) is 5.44. The fourth-order valence-corrected chi connectivity index (χ4v) is 4.68. The van der Waals surface area contributed by atoms with Gasteiger partial charge in [-0.15, -0.1) is 0 Å². The molecule has 1 saturated heterocycles. The first-order valence-corrected chi connectivity index (χ1v) is 11.1. The molecule has 0 radical (unpaired) electrons. The van der Waals surface area contributed by atoms with Gasteiger partial charge in [0.15, 0.2) is 11.5 Å². The second-order valence-electron chi connectivity index (χ2n) is 7.27. The number of rotatable bonds is 8. The minimum atomic E-state index is -3.70. The zero-order valence-electron chi connectivity index (χ0n) is 17.5. The molecule has 0 spiro atoms. The van der Waals surface area contributed by atoms with Gasteiger partial charge in [0.1, 0.15) is 0 Å². The van der Waals surface area contributed by atoms with E-state index in [0.29, 0.717) is 11.5 Å². The fraction of sp³-hybridized carbons (Fsp3) is 0.500. The third kappa shape index (κ3) is 4.92. The summed E-state index contributed by atoms with van der Waals surface area (Å²) in [5.74, 6) is 0.874. The normalized spacial score (nSPS) is 17.2. The van der Waals surface area contributed by atoms with E-state index in [0.717, 1.165) is 31.9 Å². The second-order valence-corrected chi connectivity index (χ2v) is 9.03. The highest BCUT2D eigenvalue weighted by atomic mass is 32.2. The average molecular weight is 423 g/mol. The van der Waals surface area contributed by atoms with E-state index in [4.69, 9.17) is 9.47 Å². The lowest BCUT2D eigenvalue weighted by molar-refractivity contribution is 0.109. The molecule has 1 fully saturated rings. The molecule has 0 saturated carbocycles. The summed E-state index contributed by atoms with van der Waals surface area (Å²) in [5, 5.41) is 0. The van der Waals surface area contributed by atoms with Crippen molar-refractivity contribution in [1.82, 2.24) is 19.1 Å². The molecular formula is C20H30N4O4S. The van der Waals surface area contributed by atoms with Crippen LogP contribution in [-0.2, 0) is 17.1 Å². The van der Waals surface area contributed by atoms with Gasteiger partial charge in [-0.1, -0.05) is 0 Å². The minimum Gasteiger partial charge on any atom is -0.493 e. The summed E-state index contributed by atoms with van der Waals surface area (Å²) in [7, 11) is 3.40. The lowest BCUT2D eigenvalue weighted by Crippen LogP contribution is -2.48. The van der Waals surface area contributed by atoms with Crippen molar-refractivity contribution in [3.05, 3.63) is 42.2 Å². The van der Waals surface area contributed by atoms with Crippen LogP contribution in [0.5, 0.6) is 11.5 Å². The molecule has 0 bridgehead atoms. The standard InChI is InChI=1S/C20H30N4O4S/c1-22-10-12-24(13-11-22)18(17-6-5-9-23(17)2)15-21-29(25,26)16-7-8-19(27-3)20(14-16)28-4/h5-9,14,18,21H,10-13,15H2,1-4H3/t18-/m0/s1. The Hall–Kier alpha value is -2.07. The predicted octanol–water partition coefficient (Wildman–Crippen LogP) is 1.31. The number of methoxy groups -OCH3 is 2. The summed E-state index contributed by atoms with van der Waals surface area (Å²) in [5.41, 5.74) is 1.09. The van der Waals surface area contributed by atoms with E-state index in [1.54, 1.807) is 6.07 Å². The van der Waals surface area contributed by atoms with Gasteiger partial charge in [-0.2, -0.15) is 0 Å². The van der Waals surface area contributed by atoms with Crippen molar-refractivity contribution in [2.75, 3.05) is 54.0 Å². The highest BCUT2D eigenvalue weighted by Gasteiger charge is 2.27. The molecule has 2 heterocycles. The number of aryl methyl sites for hydroxylation is 1. The van der Waals surface area contributed by atoms with Crippen LogP contribution in [0.15, 0.2) is 41.4 Å². The van der Waals surface area contributed by atoms with E-state index in [-0.39, 0.29) is 17.5 Å². The molecule has 0 aliphatic carbocycles. The molecular weight excluding hydrogens is 392 g/mol. The highest BCUT2D eigenvalue weighted by molar-refractivity contribution is 7.89. The number of nitrogens with one attached hydrogen (secondary N) is 1. The number of hydrogen-bond acceptors (Lipinski definition) is 6. The summed E-state index contributed by atoms with van der Waals surface area (Å²) in [4.78, 5) is 4.78. The highest BCUT2D eigenvalue weighted by Crippen LogP contribution is 2.29. The first-order chi connectivity index (χ1) is 13.9. The van der Waals surface area contributed by atoms with Gasteiger partial charge < -0.3 is 18.9 Å². The topological polar surface area (TPSA) is 76.0 Å². The Balaban J connectivity index is 1.80. The number of aromatic nitrogens is 1. The maximum Gasteiger partial charge on any atom is 0.240 e. The van der Waals surface area contributed by atoms with Crippen molar-refractivity contribution in [2.24, 2.45) is 7.05 Å². The first-order valence-electron chi connectivity index (χ1n) is 9.61. The summed E-state index contributed by atoms with van der Waals surface area (Å²) < 4.78 is 41.2. The van der Waals surface area contributed by atoms with Crippen molar-refractivity contribution in [1.29, 1.82) is 0 Å². The van der Waals surface area contributed by atoms with Gasteiger partial charge in [0.2, 0.25) is 10.0 Å². The molecule has 0 unspecified atom stereocenters. The second kappa shape index (κ2) is 9.17. The van der Waals surface area contributed by atoms with Gasteiger partial charge in [-0.25, -0.2) is 13.1 Å². The van der Waals surface area contributed by atoms with Gasteiger partial charge in [0, 0.05) is 57.7 Å². The molecule has 9 heteroatoms. The summed E-state index contributed by atoms with van der Waals surface area (Å²) >= 11 is 0. The van der Waals surface area contributed by atoms with E-state index in [2.05, 4.69) is 21.6 Å². The van der Waals surface area contributed by atoms with Gasteiger partial charge >= 0.3 is 0 Å². The van der Waals surface area contributed by atoms with Crippen LogP contribution in [-0.4, -0.2) is 76.8 Å². The van der Waals surface area contributed by atoms with Gasteiger partial charge in [-0.3, -0.25) is 4.90 Å². The van der Waals surface area contributed by atoms with Crippen LogP contribution in [0.1, 0.15) is 11.7 Å². The maximum absolute atomic E-state index is 13.0. The molecule has 1 atom stereocenters. The molecule has 1 aliphatic heterocycles. The Morgan fingerprint density at radius 3 is 2.31 bits per heavy atom. The lowest BCUT2D eigenvalue weighted by Gasteiger charge is -2.38. The maximum atomic E-state index is 13.0. The molecule has 29 heavy (non-hydrogen) atoms. The Morgan fingerprint density at radius 1 is 1.03 bits per heavy atom. The zero-order chi connectivity index (χ0) is 21.0. The molecule has 1 aromatic carbocycles. The Kier molecular flexibility index (Phi) is 6.84. The summed E-state index contributed by atoms with van der Waals surface area (Å²) in [6.45, 7) is 4.00. The van der Waals surface area contributed by atoms with E-state index in [1.165, 1.54) is 26.4 Å². The fourth-order valence-electron chi connectivity index (χ4n) is 3.63. The number of hydrogen-bond donors (Lipinski definition) is 1. The lowest BCUT2D eigenvalue weighted by atomic mass is 10.1. The minimum absolute atomic E-state index is 0.0429. The molecule has 2 aromatic rings. The van der Waals surface area contributed by atoms with E-state index in [1.807, 2.05) is 29.9 Å². The molecule has 160 valence electrons. The largest absolute Gasteiger partial charge is 0.493 e. The molecule has 0 amide bonds. The first kappa shape index (κ1) is 21.6. The van der Waals surface area contributed by atoms with Gasteiger partial charge in [-0.05, 0) is 31.3 Å². The quantitative estimate of drug-likeness (QED) is 0.691. The smallest absolute Gasteiger partial charge is 0.240 e. The monoisotopic (exact) mass is 422 g/mol. The van der Waals surface area contributed by atoms with Crippen molar-refractivity contribution in [3.63, 3.8) is 0 Å². The Morgan fingerprint density at radius 2 is 1.72 bits per heavy atom. The molecule has 1 N–H and O–H groups in total. The van der Waals surface area contributed by atoms with Gasteiger partial charge in [0.25, 0.3) is 0 Å². The SMILES string of the molecule is COc1ccc(S(=O)(=O)NC[C@@H](c2cccn2C)N2CCN(C)CC2)cc1OC. The summed E-state index contributed by atoms with van der Waals surface area (Å²) in [6.07, 6.45) is 1.99. The third-order valence-corrected chi connectivity index (χ3v) is 6.86. The number of benzene rings is 1. The molecule has 8 nitrogen and oxygen atoms in total.